The molecule has 2 aromatic carbocycles. The molecule has 3 heteroatoms. The smallest absolute Gasteiger partial charge is 0.128 e. The number of nitrogens with one attached hydrogen (secondary N) is 1. The Balaban J connectivity index is 2.18. The molecular formula is C16H12N2O. The van der Waals surface area contributed by atoms with Crippen molar-refractivity contribution in [3.05, 3.63) is 54.1 Å². The highest BCUT2D eigenvalue weighted by atomic mass is 16.5. The molecule has 1 aromatic heterocycles. The molecule has 0 saturated heterocycles. The highest BCUT2D eigenvalue weighted by molar-refractivity contribution is 5.87. The van der Waals surface area contributed by atoms with Gasteiger partial charge in [0.25, 0.3) is 0 Å². The topological polar surface area (TPSA) is 48.8 Å². The van der Waals surface area contributed by atoms with Crippen LogP contribution in [0.25, 0.3) is 22.2 Å². The third kappa shape index (κ3) is 1.94. The Morgan fingerprint density at radius 2 is 1.95 bits per heavy atom. The van der Waals surface area contributed by atoms with E-state index in [9.17, 15) is 0 Å². The lowest BCUT2D eigenvalue weighted by atomic mass is 10.1. The molecule has 19 heavy (non-hydrogen) atoms. The maximum absolute atomic E-state index is 8.92. The Hall–Kier alpha value is -2.73. The third-order valence-electron chi connectivity index (χ3n) is 3.15. The number of benzene rings is 2. The fraction of sp³-hybridized carbons (Fsp3) is 0.0625. The average Bonchev–Trinajstić information content (AvgIpc) is 2.89. The molecule has 1 N–H and O–H groups in total. The van der Waals surface area contributed by atoms with Crippen molar-refractivity contribution in [3.63, 3.8) is 0 Å². The summed E-state index contributed by atoms with van der Waals surface area (Å²) in [5, 5.41) is 10.0. The fourth-order valence-electron chi connectivity index (χ4n) is 2.21. The summed E-state index contributed by atoms with van der Waals surface area (Å²) in [6.07, 6.45) is 0. The number of nitriles is 1. The molecule has 92 valence electrons. The van der Waals surface area contributed by atoms with Crippen LogP contribution >= 0.6 is 0 Å². The van der Waals surface area contributed by atoms with Crippen LogP contribution in [0.5, 0.6) is 5.75 Å². The van der Waals surface area contributed by atoms with Gasteiger partial charge in [0, 0.05) is 16.5 Å². The largest absolute Gasteiger partial charge is 0.496 e. The second kappa shape index (κ2) is 4.51. The molecule has 3 aromatic rings. The van der Waals surface area contributed by atoms with Gasteiger partial charge < -0.3 is 9.72 Å². The van der Waals surface area contributed by atoms with Gasteiger partial charge in [-0.3, -0.25) is 0 Å². The van der Waals surface area contributed by atoms with Crippen molar-refractivity contribution in [1.29, 1.82) is 5.26 Å². The summed E-state index contributed by atoms with van der Waals surface area (Å²) in [4.78, 5) is 3.33. The number of aromatic nitrogens is 1. The lowest BCUT2D eigenvalue weighted by Gasteiger charge is -2.05. The summed E-state index contributed by atoms with van der Waals surface area (Å²) in [5.74, 6) is 0.828. The number of H-pyrrole nitrogens is 1. The monoisotopic (exact) mass is 248 g/mol. The number of rotatable bonds is 2. The maximum atomic E-state index is 8.92. The van der Waals surface area contributed by atoms with Crippen molar-refractivity contribution < 1.29 is 4.74 Å². The van der Waals surface area contributed by atoms with Gasteiger partial charge >= 0.3 is 0 Å². The third-order valence-corrected chi connectivity index (χ3v) is 3.15. The first-order valence-corrected chi connectivity index (χ1v) is 5.98. The zero-order valence-corrected chi connectivity index (χ0v) is 10.5. The summed E-state index contributed by atoms with van der Waals surface area (Å²) >= 11 is 0. The van der Waals surface area contributed by atoms with Crippen LogP contribution in [0.2, 0.25) is 0 Å². The zero-order chi connectivity index (χ0) is 13.2. The molecule has 0 spiro atoms. The molecule has 0 aliphatic carbocycles. The highest BCUT2D eigenvalue weighted by Crippen LogP contribution is 2.31. The first-order valence-electron chi connectivity index (χ1n) is 5.98. The molecule has 0 amide bonds. The molecule has 0 saturated carbocycles. The van der Waals surface area contributed by atoms with E-state index in [1.165, 1.54) is 0 Å². The molecule has 3 nitrogen and oxygen atoms in total. The van der Waals surface area contributed by atoms with Crippen LogP contribution in [0.1, 0.15) is 5.56 Å². The van der Waals surface area contributed by atoms with Crippen molar-refractivity contribution in [2.75, 3.05) is 7.11 Å². The Labute approximate surface area is 111 Å². The van der Waals surface area contributed by atoms with Gasteiger partial charge in [-0.1, -0.05) is 18.2 Å². The Morgan fingerprint density at radius 1 is 1.11 bits per heavy atom. The Bertz CT molecular complexity index is 781. The summed E-state index contributed by atoms with van der Waals surface area (Å²) in [5.41, 5.74) is 3.61. The Morgan fingerprint density at radius 3 is 2.74 bits per heavy atom. The number of nitrogens with zero attached hydrogens (tertiary/aromatic N) is 1. The van der Waals surface area contributed by atoms with Crippen LogP contribution in [0.3, 0.4) is 0 Å². The van der Waals surface area contributed by atoms with E-state index in [1.807, 2.05) is 42.5 Å². The average molecular weight is 248 g/mol. The molecular weight excluding hydrogens is 236 g/mol. The lowest BCUT2D eigenvalue weighted by Crippen LogP contribution is -1.86. The van der Waals surface area contributed by atoms with Gasteiger partial charge in [-0.05, 0) is 30.3 Å². The number of ether oxygens (including phenoxy) is 1. The molecule has 0 atom stereocenters. The SMILES string of the molecule is COc1ccccc1-c1cc2ccc(C#N)cc2[nH]1. The van der Waals surface area contributed by atoms with Gasteiger partial charge in [-0.25, -0.2) is 0 Å². The summed E-state index contributed by atoms with van der Waals surface area (Å²) in [7, 11) is 1.66. The number of hydrogen-bond donors (Lipinski definition) is 1. The van der Waals surface area contributed by atoms with E-state index < -0.39 is 0 Å². The minimum atomic E-state index is 0.654. The molecule has 3 rings (SSSR count). The first-order chi connectivity index (χ1) is 9.31. The quantitative estimate of drug-likeness (QED) is 0.751. The number of para-hydroxylation sites is 1. The summed E-state index contributed by atoms with van der Waals surface area (Å²) in [6.45, 7) is 0. The van der Waals surface area contributed by atoms with E-state index in [0.717, 1.165) is 27.9 Å². The van der Waals surface area contributed by atoms with Crippen molar-refractivity contribution in [2.24, 2.45) is 0 Å². The summed E-state index contributed by atoms with van der Waals surface area (Å²) < 4.78 is 5.37. The van der Waals surface area contributed by atoms with Crippen LogP contribution < -0.4 is 4.74 Å². The van der Waals surface area contributed by atoms with Crippen LogP contribution in [0.15, 0.2) is 48.5 Å². The molecule has 0 unspecified atom stereocenters. The zero-order valence-electron chi connectivity index (χ0n) is 10.5. The fourth-order valence-corrected chi connectivity index (χ4v) is 2.21. The van der Waals surface area contributed by atoms with Crippen LogP contribution in [-0.2, 0) is 0 Å². The van der Waals surface area contributed by atoms with Gasteiger partial charge in [-0.15, -0.1) is 0 Å². The maximum Gasteiger partial charge on any atom is 0.128 e. The molecule has 0 radical (unpaired) electrons. The molecule has 0 aliphatic heterocycles. The number of fused-ring (bicyclic) bond motifs is 1. The second-order valence-electron chi connectivity index (χ2n) is 4.30. The second-order valence-corrected chi connectivity index (χ2v) is 4.30. The van der Waals surface area contributed by atoms with E-state index >= 15 is 0 Å². The van der Waals surface area contributed by atoms with Crippen LogP contribution in [0, 0.1) is 11.3 Å². The van der Waals surface area contributed by atoms with Crippen molar-refractivity contribution >= 4 is 10.9 Å². The van der Waals surface area contributed by atoms with Gasteiger partial charge in [0.1, 0.15) is 5.75 Å². The summed E-state index contributed by atoms with van der Waals surface area (Å²) in [6, 6.07) is 17.7. The van der Waals surface area contributed by atoms with E-state index in [-0.39, 0.29) is 0 Å². The first kappa shape index (κ1) is 11.4. The normalized spacial score (nSPS) is 10.3. The van der Waals surface area contributed by atoms with E-state index in [1.54, 1.807) is 7.11 Å². The number of aromatic amines is 1. The number of hydrogen-bond acceptors (Lipinski definition) is 2. The highest BCUT2D eigenvalue weighted by Gasteiger charge is 2.08. The lowest BCUT2D eigenvalue weighted by molar-refractivity contribution is 0.416. The minimum absolute atomic E-state index is 0.654. The van der Waals surface area contributed by atoms with E-state index in [2.05, 4.69) is 17.1 Å². The van der Waals surface area contributed by atoms with Gasteiger partial charge in [-0.2, -0.15) is 5.26 Å². The van der Waals surface area contributed by atoms with Gasteiger partial charge in [0.05, 0.1) is 24.4 Å². The van der Waals surface area contributed by atoms with Crippen LogP contribution in [-0.4, -0.2) is 12.1 Å². The van der Waals surface area contributed by atoms with Crippen LogP contribution in [0.4, 0.5) is 0 Å². The Kier molecular flexibility index (Phi) is 2.70. The predicted molar refractivity (Wildman–Crippen MR) is 75.0 cm³/mol. The number of methoxy groups -OCH3 is 1. The molecule has 0 aliphatic rings. The molecule has 0 fully saturated rings. The molecule has 1 heterocycles. The van der Waals surface area contributed by atoms with Crippen molar-refractivity contribution in [2.45, 2.75) is 0 Å². The molecule has 0 bridgehead atoms. The van der Waals surface area contributed by atoms with Crippen molar-refractivity contribution in [3.8, 4) is 23.1 Å². The predicted octanol–water partition coefficient (Wildman–Crippen LogP) is 3.72. The van der Waals surface area contributed by atoms with Gasteiger partial charge in [0.2, 0.25) is 0 Å². The standard InChI is InChI=1S/C16H12N2O/c1-19-16-5-3-2-4-13(16)15-9-12-7-6-11(10-17)8-14(12)18-15/h2-9,18H,1H3. The van der Waals surface area contributed by atoms with E-state index in [4.69, 9.17) is 10.00 Å². The van der Waals surface area contributed by atoms with Crippen molar-refractivity contribution in [1.82, 2.24) is 4.98 Å². The van der Waals surface area contributed by atoms with E-state index in [0.29, 0.717) is 5.56 Å². The van der Waals surface area contributed by atoms with Gasteiger partial charge in [0.15, 0.2) is 0 Å². The minimum Gasteiger partial charge on any atom is -0.496 e.